The highest BCUT2D eigenvalue weighted by molar-refractivity contribution is 9.10. The number of nitrogen functional groups attached to an aromatic ring is 1. The van der Waals surface area contributed by atoms with Crippen molar-refractivity contribution in [1.82, 2.24) is 4.98 Å². The fourth-order valence-electron chi connectivity index (χ4n) is 1.69. The average molecular weight is 289 g/mol. The minimum atomic E-state index is 0.542. The van der Waals surface area contributed by atoms with Gasteiger partial charge < -0.3 is 5.73 Å². The number of rotatable bonds is 2. The second kappa shape index (κ2) is 5.15. The predicted molar refractivity (Wildman–Crippen MR) is 75.5 cm³/mol. The van der Waals surface area contributed by atoms with Crippen LogP contribution in [0.3, 0.4) is 0 Å². The van der Waals surface area contributed by atoms with Gasteiger partial charge in [-0.05, 0) is 42.3 Å². The molecule has 1 aromatic heterocycles. The maximum Gasteiger partial charge on any atom is 0.123 e. The number of pyridine rings is 1. The number of benzene rings is 1. The fourth-order valence-corrected chi connectivity index (χ4v) is 1.96. The summed E-state index contributed by atoms with van der Waals surface area (Å²) in [6, 6.07) is 12.0. The summed E-state index contributed by atoms with van der Waals surface area (Å²) in [7, 11) is 0. The molecule has 17 heavy (non-hydrogen) atoms. The van der Waals surface area contributed by atoms with E-state index in [1.165, 1.54) is 5.56 Å². The molecule has 1 aromatic carbocycles. The van der Waals surface area contributed by atoms with Crippen molar-refractivity contribution in [3.8, 4) is 0 Å². The van der Waals surface area contributed by atoms with Crippen molar-refractivity contribution in [2.45, 2.75) is 6.92 Å². The van der Waals surface area contributed by atoms with E-state index in [0.717, 1.165) is 15.6 Å². The topological polar surface area (TPSA) is 38.9 Å². The molecule has 1 heterocycles. The van der Waals surface area contributed by atoms with Gasteiger partial charge in [0.15, 0.2) is 0 Å². The van der Waals surface area contributed by atoms with Gasteiger partial charge in [0.2, 0.25) is 0 Å². The smallest absolute Gasteiger partial charge is 0.123 e. The lowest BCUT2D eigenvalue weighted by atomic mass is 9.99. The van der Waals surface area contributed by atoms with Crippen LogP contribution < -0.4 is 5.73 Å². The first-order chi connectivity index (χ1) is 8.20. The summed E-state index contributed by atoms with van der Waals surface area (Å²) in [5.41, 5.74) is 8.99. The Bertz CT molecular complexity index is 480. The van der Waals surface area contributed by atoms with Gasteiger partial charge in [-0.25, -0.2) is 4.98 Å². The third kappa shape index (κ3) is 2.74. The highest BCUT2D eigenvalue weighted by Gasteiger charge is 2.04. The molecule has 3 heteroatoms. The minimum absolute atomic E-state index is 0.542. The molecule has 0 fully saturated rings. The van der Waals surface area contributed by atoms with E-state index in [2.05, 4.69) is 39.1 Å². The average Bonchev–Trinajstić information content (AvgIpc) is 2.35. The van der Waals surface area contributed by atoms with E-state index in [0.29, 0.717) is 5.82 Å². The maximum atomic E-state index is 5.59. The van der Waals surface area contributed by atoms with Gasteiger partial charge in [-0.15, -0.1) is 0 Å². The number of halogens is 1. The first kappa shape index (κ1) is 11.9. The Balaban J connectivity index is 2.41. The molecule has 2 N–H and O–H groups in total. The van der Waals surface area contributed by atoms with Crippen LogP contribution >= 0.6 is 15.9 Å². The van der Waals surface area contributed by atoms with Gasteiger partial charge in [0.25, 0.3) is 0 Å². The van der Waals surface area contributed by atoms with Gasteiger partial charge in [0.05, 0.1) is 0 Å². The van der Waals surface area contributed by atoms with Crippen LogP contribution in [0.5, 0.6) is 0 Å². The van der Waals surface area contributed by atoms with Crippen molar-refractivity contribution in [3.63, 3.8) is 0 Å². The number of nitrogens with two attached hydrogens (primary N) is 1. The quantitative estimate of drug-likeness (QED) is 0.911. The summed E-state index contributed by atoms with van der Waals surface area (Å²) in [5, 5.41) is 0. The number of aromatic nitrogens is 1. The molecular weight excluding hydrogens is 276 g/mol. The summed E-state index contributed by atoms with van der Waals surface area (Å²) < 4.78 is 1.08. The van der Waals surface area contributed by atoms with Crippen LogP contribution in [-0.4, -0.2) is 4.98 Å². The molecule has 0 spiro atoms. The number of hydrogen-bond donors (Lipinski definition) is 1. The summed E-state index contributed by atoms with van der Waals surface area (Å²) in [4.78, 5) is 4.12. The molecule has 2 nitrogen and oxygen atoms in total. The first-order valence-corrected chi connectivity index (χ1v) is 6.14. The molecule has 0 bridgehead atoms. The Morgan fingerprint density at radius 3 is 2.29 bits per heavy atom. The van der Waals surface area contributed by atoms with E-state index in [4.69, 9.17) is 5.73 Å². The second-order valence-electron chi connectivity index (χ2n) is 3.68. The molecule has 0 amide bonds. The highest BCUT2D eigenvalue weighted by Crippen LogP contribution is 2.24. The monoisotopic (exact) mass is 288 g/mol. The summed E-state index contributed by atoms with van der Waals surface area (Å²) in [6.07, 6.45) is 3.88. The van der Waals surface area contributed by atoms with E-state index < -0.39 is 0 Å². The van der Waals surface area contributed by atoms with Crippen LogP contribution in [0.1, 0.15) is 18.1 Å². The molecule has 0 atom stereocenters. The largest absolute Gasteiger partial charge is 0.384 e. The Kier molecular flexibility index (Phi) is 3.59. The number of nitrogens with zero attached hydrogens (tertiary/aromatic N) is 1. The van der Waals surface area contributed by atoms with Crippen LogP contribution in [0.15, 0.2) is 53.1 Å². The van der Waals surface area contributed by atoms with Gasteiger partial charge in [0.1, 0.15) is 5.82 Å². The van der Waals surface area contributed by atoms with Crippen molar-refractivity contribution in [2.24, 2.45) is 0 Å². The van der Waals surface area contributed by atoms with Crippen LogP contribution in [0.2, 0.25) is 0 Å². The molecule has 0 radical (unpaired) electrons. The number of allylic oxidation sites excluding steroid dienone is 1. The lowest BCUT2D eigenvalue weighted by Gasteiger charge is -2.07. The zero-order chi connectivity index (χ0) is 12.3. The van der Waals surface area contributed by atoms with Crippen molar-refractivity contribution < 1.29 is 0 Å². The number of anilines is 1. The minimum Gasteiger partial charge on any atom is -0.384 e. The molecular formula is C14H13BrN2. The van der Waals surface area contributed by atoms with Crippen molar-refractivity contribution in [1.29, 1.82) is 0 Å². The predicted octanol–water partition coefficient (Wildman–Crippen LogP) is 3.88. The van der Waals surface area contributed by atoms with Gasteiger partial charge in [0, 0.05) is 16.2 Å². The normalized spacial score (nSPS) is 11.5. The van der Waals surface area contributed by atoms with Gasteiger partial charge in [-0.2, -0.15) is 0 Å². The Morgan fingerprint density at radius 2 is 1.76 bits per heavy atom. The lowest BCUT2D eigenvalue weighted by molar-refractivity contribution is 1.31. The zero-order valence-corrected chi connectivity index (χ0v) is 11.1. The van der Waals surface area contributed by atoms with E-state index in [-0.39, 0.29) is 0 Å². The molecule has 0 unspecified atom stereocenters. The van der Waals surface area contributed by atoms with Crippen LogP contribution in [0, 0.1) is 0 Å². The summed E-state index contributed by atoms with van der Waals surface area (Å²) in [6.45, 7) is 2.02. The Hall–Kier alpha value is -1.61. The van der Waals surface area contributed by atoms with Gasteiger partial charge in [-0.3, -0.25) is 0 Å². The van der Waals surface area contributed by atoms with Gasteiger partial charge >= 0.3 is 0 Å². The molecule has 0 saturated carbocycles. The Morgan fingerprint density at radius 1 is 1.12 bits per heavy atom. The van der Waals surface area contributed by atoms with Crippen LogP contribution in [0.4, 0.5) is 5.82 Å². The number of hydrogen-bond acceptors (Lipinski definition) is 2. The third-order valence-electron chi connectivity index (χ3n) is 2.54. The van der Waals surface area contributed by atoms with Crippen molar-refractivity contribution in [3.05, 3.63) is 64.3 Å². The molecule has 2 aromatic rings. The third-order valence-corrected chi connectivity index (χ3v) is 3.07. The molecule has 0 aliphatic carbocycles. The molecule has 0 saturated heterocycles. The maximum absolute atomic E-state index is 5.59. The van der Waals surface area contributed by atoms with Gasteiger partial charge in [-0.1, -0.05) is 34.1 Å². The first-order valence-electron chi connectivity index (χ1n) is 5.35. The summed E-state index contributed by atoms with van der Waals surface area (Å²) >= 11 is 3.43. The van der Waals surface area contributed by atoms with Crippen LogP contribution in [0.25, 0.3) is 5.57 Å². The molecule has 2 rings (SSSR count). The fraction of sp³-hybridized carbons (Fsp3) is 0.0714. The second-order valence-corrected chi connectivity index (χ2v) is 4.60. The van der Waals surface area contributed by atoms with E-state index in [1.807, 2.05) is 31.2 Å². The standard InChI is InChI=1S/C14H13BrN2/c1-2-13(10-3-6-12(15)7-4-10)11-5-8-14(16)17-9-11/h2-9H,1H3,(H2,16,17)/b13-2-. The SMILES string of the molecule is C/C=C(/c1ccc(Br)cc1)c1ccc(N)nc1. The Labute approximate surface area is 109 Å². The molecule has 86 valence electrons. The van der Waals surface area contributed by atoms with Crippen molar-refractivity contribution in [2.75, 3.05) is 5.73 Å². The molecule has 0 aliphatic rings. The lowest BCUT2D eigenvalue weighted by Crippen LogP contribution is -1.92. The van der Waals surface area contributed by atoms with E-state index >= 15 is 0 Å². The van der Waals surface area contributed by atoms with E-state index in [1.54, 1.807) is 6.20 Å². The zero-order valence-electron chi connectivity index (χ0n) is 9.52. The van der Waals surface area contributed by atoms with Crippen LogP contribution in [-0.2, 0) is 0 Å². The highest BCUT2D eigenvalue weighted by atomic mass is 79.9. The molecule has 0 aliphatic heterocycles. The van der Waals surface area contributed by atoms with Crippen molar-refractivity contribution >= 4 is 27.3 Å². The summed E-state index contributed by atoms with van der Waals surface area (Å²) in [5.74, 6) is 0.542. The van der Waals surface area contributed by atoms with E-state index in [9.17, 15) is 0 Å².